The molecule has 2 rings (SSSR count). The van der Waals surface area contributed by atoms with Crippen molar-refractivity contribution in [2.75, 3.05) is 26.2 Å². The number of rotatable bonds is 6. The first kappa shape index (κ1) is 18.7. The predicted octanol–water partition coefficient (Wildman–Crippen LogP) is 2.45. The van der Waals surface area contributed by atoms with E-state index in [2.05, 4.69) is 29.0 Å². The molecule has 0 atom stereocenters. The molecule has 0 spiro atoms. The maximum Gasteiger partial charge on any atom is 0.309 e. The van der Waals surface area contributed by atoms with Crippen LogP contribution in [0, 0.1) is 5.92 Å². The smallest absolute Gasteiger partial charge is 0.309 e. The Morgan fingerprint density at radius 1 is 1.42 bits per heavy atom. The van der Waals surface area contributed by atoms with E-state index in [4.69, 9.17) is 9.73 Å². The molecule has 134 valence electrons. The molecule has 1 aromatic heterocycles. The summed E-state index contributed by atoms with van der Waals surface area (Å²) >= 11 is 1.72. The number of guanidine groups is 1. The van der Waals surface area contributed by atoms with Crippen molar-refractivity contribution in [1.29, 1.82) is 0 Å². The highest BCUT2D eigenvalue weighted by Gasteiger charge is 2.27. The lowest BCUT2D eigenvalue weighted by Crippen LogP contribution is -2.46. The van der Waals surface area contributed by atoms with Gasteiger partial charge in [-0.05, 0) is 33.1 Å². The number of aryl methyl sites for hydroxylation is 1. The molecule has 1 aliphatic rings. The summed E-state index contributed by atoms with van der Waals surface area (Å²) in [7, 11) is 0. The molecule has 2 heterocycles. The summed E-state index contributed by atoms with van der Waals surface area (Å²) in [5, 5.41) is 4.39. The van der Waals surface area contributed by atoms with Gasteiger partial charge >= 0.3 is 5.97 Å². The molecule has 1 aliphatic heterocycles. The van der Waals surface area contributed by atoms with Gasteiger partial charge in [-0.25, -0.2) is 9.98 Å². The minimum atomic E-state index is -0.0611. The second-order valence-electron chi connectivity index (χ2n) is 5.76. The number of thiazole rings is 1. The zero-order chi connectivity index (χ0) is 17.4. The van der Waals surface area contributed by atoms with Gasteiger partial charge in [0.15, 0.2) is 5.96 Å². The molecule has 1 fully saturated rings. The Kier molecular flexibility index (Phi) is 7.49. The lowest BCUT2D eigenvalue weighted by molar-refractivity contribution is -0.149. The second-order valence-corrected chi connectivity index (χ2v) is 6.96. The Bertz CT molecular complexity index is 551. The Balaban J connectivity index is 1.93. The van der Waals surface area contributed by atoms with Gasteiger partial charge in [-0.1, -0.05) is 6.92 Å². The van der Waals surface area contributed by atoms with E-state index in [9.17, 15) is 4.79 Å². The molecule has 1 N–H and O–H groups in total. The fourth-order valence-electron chi connectivity index (χ4n) is 2.74. The summed E-state index contributed by atoms with van der Waals surface area (Å²) in [6, 6.07) is 0. The van der Waals surface area contributed by atoms with Crippen molar-refractivity contribution in [3.05, 3.63) is 16.1 Å². The van der Waals surface area contributed by atoms with Gasteiger partial charge in [0, 0.05) is 30.7 Å². The summed E-state index contributed by atoms with van der Waals surface area (Å²) < 4.78 is 5.13. The van der Waals surface area contributed by atoms with Gasteiger partial charge in [-0.15, -0.1) is 11.3 Å². The summed E-state index contributed by atoms with van der Waals surface area (Å²) in [5.74, 6) is 0.872. The van der Waals surface area contributed by atoms with Crippen LogP contribution in [0.5, 0.6) is 0 Å². The molecular weight excluding hydrogens is 324 g/mol. The lowest BCUT2D eigenvalue weighted by atomic mass is 9.97. The van der Waals surface area contributed by atoms with Gasteiger partial charge in [0.1, 0.15) is 5.01 Å². The third kappa shape index (κ3) is 5.19. The van der Waals surface area contributed by atoms with Gasteiger partial charge < -0.3 is 15.0 Å². The number of carbonyl (C=O) groups is 1. The van der Waals surface area contributed by atoms with E-state index in [1.165, 1.54) is 4.88 Å². The Morgan fingerprint density at radius 3 is 2.75 bits per heavy atom. The number of ether oxygens (including phenoxy) is 1. The van der Waals surface area contributed by atoms with E-state index < -0.39 is 0 Å². The van der Waals surface area contributed by atoms with Crippen LogP contribution in [0.2, 0.25) is 0 Å². The molecule has 0 radical (unpaired) electrons. The predicted molar refractivity (Wildman–Crippen MR) is 97.2 cm³/mol. The summed E-state index contributed by atoms with van der Waals surface area (Å²) in [6.07, 6.45) is 4.59. The van der Waals surface area contributed by atoms with Crippen molar-refractivity contribution in [3.63, 3.8) is 0 Å². The van der Waals surface area contributed by atoms with Crippen LogP contribution in [-0.4, -0.2) is 48.1 Å². The third-order valence-electron chi connectivity index (χ3n) is 4.06. The molecule has 7 heteroatoms. The molecule has 0 aliphatic carbocycles. The number of piperidine rings is 1. The van der Waals surface area contributed by atoms with Crippen LogP contribution in [0.4, 0.5) is 0 Å². The van der Waals surface area contributed by atoms with E-state index in [0.29, 0.717) is 13.2 Å². The number of hydrogen-bond donors (Lipinski definition) is 1. The van der Waals surface area contributed by atoms with Crippen molar-refractivity contribution in [1.82, 2.24) is 15.2 Å². The van der Waals surface area contributed by atoms with E-state index in [1.807, 2.05) is 13.1 Å². The average molecular weight is 353 g/mol. The van der Waals surface area contributed by atoms with Gasteiger partial charge in [0.05, 0.1) is 19.1 Å². The molecule has 6 nitrogen and oxygen atoms in total. The zero-order valence-electron chi connectivity index (χ0n) is 14.9. The van der Waals surface area contributed by atoms with Crippen LogP contribution in [-0.2, 0) is 22.5 Å². The molecule has 1 saturated heterocycles. The van der Waals surface area contributed by atoms with E-state index in [1.54, 1.807) is 11.3 Å². The van der Waals surface area contributed by atoms with Crippen molar-refractivity contribution in [2.24, 2.45) is 10.9 Å². The average Bonchev–Trinajstić information content (AvgIpc) is 3.07. The maximum absolute atomic E-state index is 11.8. The highest BCUT2D eigenvalue weighted by molar-refractivity contribution is 7.11. The SMILES string of the molecule is CCNC(=NCc1ncc(CC)s1)N1CCC(C(=O)OCC)CC1. The monoisotopic (exact) mass is 352 g/mol. The molecule has 0 saturated carbocycles. The van der Waals surface area contributed by atoms with E-state index >= 15 is 0 Å². The van der Waals surface area contributed by atoms with Crippen LogP contribution in [0.25, 0.3) is 0 Å². The van der Waals surface area contributed by atoms with Crippen LogP contribution in [0.15, 0.2) is 11.2 Å². The number of nitrogens with one attached hydrogen (secondary N) is 1. The van der Waals surface area contributed by atoms with Crippen LogP contribution in [0.3, 0.4) is 0 Å². The number of carbonyl (C=O) groups excluding carboxylic acids is 1. The fraction of sp³-hybridized carbons (Fsp3) is 0.706. The molecule has 24 heavy (non-hydrogen) atoms. The largest absolute Gasteiger partial charge is 0.466 e. The van der Waals surface area contributed by atoms with E-state index in [0.717, 1.165) is 49.9 Å². The number of hydrogen-bond acceptors (Lipinski definition) is 5. The number of aliphatic imine (C=N–C) groups is 1. The van der Waals surface area contributed by atoms with Gasteiger partial charge in [0.2, 0.25) is 0 Å². The fourth-order valence-corrected chi connectivity index (χ4v) is 3.53. The third-order valence-corrected chi connectivity index (χ3v) is 5.19. The molecule has 0 bridgehead atoms. The Hall–Kier alpha value is -1.63. The lowest BCUT2D eigenvalue weighted by Gasteiger charge is -2.33. The van der Waals surface area contributed by atoms with E-state index in [-0.39, 0.29) is 11.9 Å². The Labute approximate surface area is 148 Å². The topological polar surface area (TPSA) is 66.8 Å². The molecule has 0 unspecified atom stereocenters. The quantitative estimate of drug-likeness (QED) is 0.484. The molecule has 0 aromatic carbocycles. The number of likely N-dealkylation sites (tertiary alicyclic amines) is 1. The number of esters is 1. The maximum atomic E-state index is 11.8. The molecule has 1 aromatic rings. The van der Waals surface area contributed by atoms with Crippen molar-refractivity contribution in [3.8, 4) is 0 Å². The molecular formula is C17H28N4O2S. The van der Waals surface area contributed by atoms with Crippen molar-refractivity contribution in [2.45, 2.75) is 46.6 Å². The van der Waals surface area contributed by atoms with Crippen LogP contribution in [0.1, 0.15) is 43.5 Å². The number of aromatic nitrogens is 1. The first-order chi connectivity index (χ1) is 11.7. The minimum Gasteiger partial charge on any atom is -0.466 e. The first-order valence-electron chi connectivity index (χ1n) is 8.81. The van der Waals surface area contributed by atoms with Crippen molar-refractivity contribution >= 4 is 23.3 Å². The van der Waals surface area contributed by atoms with Gasteiger partial charge in [-0.3, -0.25) is 4.79 Å². The van der Waals surface area contributed by atoms with Gasteiger partial charge in [0.25, 0.3) is 0 Å². The van der Waals surface area contributed by atoms with Crippen molar-refractivity contribution < 1.29 is 9.53 Å². The standard InChI is InChI=1S/C17H28N4O2S/c1-4-14-11-19-15(24-14)12-20-17(18-5-2)21-9-7-13(8-10-21)16(22)23-6-3/h11,13H,4-10,12H2,1-3H3,(H,18,20). The zero-order valence-corrected chi connectivity index (χ0v) is 15.7. The summed E-state index contributed by atoms with van der Waals surface area (Å²) in [4.78, 5) is 24.5. The van der Waals surface area contributed by atoms with Gasteiger partial charge in [-0.2, -0.15) is 0 Å². The molecule has 0 amide bonds. The highest BCUT2D eigenvalue weighted by atomic mass is 32.1. The second kappa shape index (κ2) is 9.61. The van der Waals surface area contributed by atoms with Crippen LogP contribution < -0.4 is 5.32 Å². The summed E-state index contributed by atoms with van der Waals surface area (Å²) in [5.41, 5.74) is 0. The number of nitrogens with zero attached hydrogens (tertiary/aromatic N) is 3. The minimum absolute atomic E-state index is 0.0233. The Morgan fingerprint density at radius 2 is 2.17 bits per heavy atom. The van der Waals surface area contributed by atoms with Crippen LogP contribution >= 0.6 is 11.3 Å². The normalized spacial score (nSPS) is 16.3. The first-order valence-corrected chi connectivity index (χ1v) is 9.63. The highest BCUT2D eigenvalue weighted by Crippen LogP contribution is 2.19. The summed E-state index contributed by atoms with van der Waals surface area (Å²) in [6.45, 7) is 9.60.